The van der Waals surface area contributed by atoms with Gasteiger partial charge < -0.3 is 5.32 Å². The van der Waals surface area contributed by atoms with Crippen molar-refractivity contribution in [3.8, 4) is 0 Å². The lowest BCUT2D eigenvalue weighted by Gasteiger charge is -2.30. The largest absolute Gasteiger partial charge is 0.300 e. The summed E-state index contributed by atoms with van der Waals surface area (Å²) in [6.45, 7) is 2.54. The maximum atomic E-state index is 13.0. The molecule has 1 aromatic carbocycles. The van der Waals surface area contributed by atoms with Crippen LogP contribution in [-0.4, -0.2) is 41.9 Å². The number of rotatable bonds is 6. The molecule has 1 amide bonds. The van der Waals surface area contributed by atoms with Gasteiger partial charge in [-0.3, -0.25) is 4.79 Å². The normalized spacial score (nSPS) is 16.4. The molecule has 0 aliphatic carbocycles. The number of nitrogens with one attached hydrogen (secondary N) is 1. The van der Waals surface area contributed by atoms with E-state index in [-0.39, 0.29) is 29.8 Å². The molecule has 146 valence electrons. The first-order chi connectivity index (χ1) is 12.9. The highest BCUT2D eigenvalue weighted by Crippen LogP contribution is 2.25. The minimum absolute atomic E-state index is 0.0594. The van der Waals surface area contributed by atoms with Crippen LogP contribution < -0.4 is 5.32 Å². The summed E-state index contributed by atoms with van der Waals surface area (Å²) in [7, 11) is -3.68. The highest BCUT2D eigenvalue weighted by atomic mass is 32.2. The van der Waals surface area contributed by atoms with E-state index in [0.29, 0.717) is 18.0 Å². The first kappa shape index (κ1) is 19.8. The fourth-order valence-corrected chi connectivity index (χ4v) is 5.25. The van der Waals surface area contributed by atoms with Crippen LogP contribution in [-0.2, 0) is 21.2 Å². The van der Waals surface area contributed by atoms with Crippen molar-refractivity contribution in [2.45, 2.75) is 37.5 Å². The summed E-state index contributed by atoms with van der Waals surface area (Å²) >= 11 is 1.36. The maximum absolute atomic E-state index is 13.0. The fraction of sp³-hybridized carbons (Fsp3) is 0.471. The third-order valence-electron chi connectivity index (χ3n) is 4.44. The zero-order valence-electron chi connectivity index (χ0n) is 14.9. The second kappa shape index (κ2) is 8.41. The Morgan fingerprint density at radius 2 is 1.93 bits per heavy atom. The molecule has 0 saturated carbocycles. The van der Waals surface area contributed by atoms with Crippen LogP contribution in [0, 0.1) is 11.7 Å². The van der Waals surface area contributed by atoms with Crippen LogP contribution in [0.3, 0.4) is 0 Å². The zero-order chi connectivity index (χ0) is 19.4. The third-order valence-corrected chi connectivity index (χ3v) is 7.25. The molecular formula is C17H21FN4O3S2. The average Bonchev–Trinajstić information content (AvgIpc) is 3.09. The van der Waals surface area contributed by atoms with Gasteiger partial charge in [-0.2, -0.15) is 4.31 Å². The van der Waals surface area contributed by atoms with E-state index in [2.05, 4.69) is 15.5 Å². The van der Waals surface area contributed by atoms with Crippen molar-refractivity contribution >= 4 is 32.4 Å². The molecule has 1 fully saturated rings. The first-order valence-electron chi connectivity index (χ1n) is 8.79. The maximum Gasteiger partial charge on any atom is 0.243 e. The number of nitrogens with zero attached hydrogens (tertiary/aromatic N) is 3. The molecule has 27 heavy (non-hydrogen) atoms. The summed E-state index contributed by atoms with van der Waals surface area (Å²) in [5, 5.41) is 12.1. The minimum Gasteiger partial charge on any atom is -0.300 e. The molecule has 1 aliphatic rings. The second-order valence-electron chi connectivity index (χ2n) is 6.37. The number of piperidine rings is 1. The topological polar surface area (TPSA) is 92.3 Å². The molecule has 1 aliphatic heterocycles. The SMILES string of the molecule is CCCc1nnc(NC(=O)C2CCN(S(=O)(=O)c3ccc(F)cc3)CC2)s1. The first-order valence-corrected chi connectivity index (χ1v) is 11.0. The monoisotopic (exact) mass is 412 g/mol. The Morgan fingerprint density at radius 3 is 2.56 bits per heavy atom. The van der Waals surface area contributed by atoms with E-state index in [1.807, 2.05) is 6.92 Å². The molecule has 1 saturated heterocycles. The molecule has 0 bridgehead atoms. The highest BCUT2D eigenvalue weighted by molar-refractivity contribution is 7.89. The molecule has 3 rings (SSSR count). The lowest BCUT2D eigenvalue weighted by molar-refractivity contribution is -0.120. The second-order valence-corrected chi connectivity index (χ2v) is 9.37. The molecule has 0 spiro atoms. The van der Waals surface area contributed by atoms with Gasteiger partial charge in [-0.1, -0.05) is 18.3 Å². The fourth-order valence-electron chi connectivity index (χ4n) is 2.94. The van der Waals surface area contributed by atoms with Gasteiger partial charge in [0.25, 0.3) is 0 Å². The summed E-state index contributed by atoms with van der Waals surface area (Å²) in [6.07, 6.45) is 2.64. The van der Waals surface area contributed by atoms with E-state index in [4.69, 9.17) is 0 Å². The van der Waals surface area contributed by atoms with Crippen LogP contribution in [0.2, 0.25) is 0 Å². The number of hydrogen-bond acceptors (Lipinski definition) is 6. The summed E-state index contributed by atoms with van der Waals surface area (Å²) in [5.74, 6) is -0.917. The number of sulfonamides is 1. The average molecular weight is 413 g/mol. The van der Waals surface area contributed by atoms with E-state index in [1.165, 1.54) is 27.8 Å². The van der Waals surface area contributed by atoms with Crippen molar-refractivity contribution in [2.24, 2.45) is 5.92 Å². The Kier molecular flexibility index (Phi) is 6.18. The number of carbonyl (C=O) groups is 1. The molecule has 2 heterocycles. The van der Waals surface area contributed by atoms with Gasteiger partial charge in [0.15, 0.2) is 0 Å². The van der Waals surface area contributed by atoms with Crippen molar-refractivity contribution in [3.05, 3.63) is 35.1 Å². The number of carbonyl (C=O) groups excluding carboxylic acids is 1. The van der Waals surface area contributed by atoms with Gasteiger partial charge in [-0.25, -0.2) is 12.8 Å². The summed E-state index contributed by atoms with van der Waals surface area (Å²) in [6, 6.07) is 4.77. The molecule has 7 nitrogen and oxygen atoms in total. The summed E-state index contributed by atoms with van der Waals surface area (Å²) in [5.41, 5.74) is 0. The van der Waals surface area contributed by atoms with E-state index < -0.39 is 15.8 Å². The minimum atomic E-state index is -3.68. The molecule has 0 radical (unpaired) electrons. The van der Waals surface area contributed by atoms with Gasteiger partial charge in [-0.05, 0) is 43.5 Å². The molecule has 2 aromatic rings. The summed E-state index contributed by atoms with van der Waals surface area (Å²) in [4.78, 5) is 12.5. The van der Waals surface area contributed by atoms with Crippen molar-refractivity contribution in [1.29, 1.82) is 0 Å². The van der Waals surface area contributed by atoms with Gasteiger partial charge >= 0.3 is 0 Å². The number of hydrogen-bond donors (Lipinski definition) is 1. The zero-order valence-corrected chi connectivity index (χ0v) is 16.5. The quantitative estimate of drug-likeness (QED) is 0.787. The highest BCUT2D eigenvalue weighted by Gasteiger charge is 2.32. The van der Waals surface area contributed by atoms with Crippen LogP contribution in [0.4, 0.5) is 9.52 Å². The number of halogens is 1. The van der Waals surface area contributed by atoms with Crippen molar-refractivity contribution in [3.63, 3.8) is 0 Å². The predicted octanol–water partition coefficient (Wildman–Crippen LogP) is 2.67. The third kappa shape index (κ3) is 4.69. The molecule has 0 unspecified atom stereocenters. The summed E-state index contributed by atoms with van der Waals surface area (Å²) < 4.78 is 39.6. The molecule has 0 atom stereocenters. The number of aromatic nitrogens is 2. The van der Waals surface area contributed by atoms with Crippen LogP contribution >= 0.6 is 11.3 Å². The number of anilines is 1. The predicted molar refractivity (Wildman–Crippen MR) is 100 cm³/mol. The molecule has 10 heteroatoms. The standard InChI is InChI=1S/C17H21FN4O3S2/c1-2-3-15-20-21-17(26-15)19-16(23)12-8-10-22(11-9-12)27(24,25)14-6-4-13(18)5-7-14/h4-7,12H,2-3,8-11H2,1H3,(H,19,21,23). The number of benzene rings is 1. The van der Waals surface area contributed by atoms with E-state index in [0.717, 1.165) is 30.0 Å². The van der Waals surface area contributed by atoms with E-state index >= 15 is 0 Å². The lowest BCUT2D eigenvalue weighted by Crippen LogP contribution is -2.41. The van der Waals surface area contributed by atoms with Crippen LogP contribution in [0.1, 0.15) is 31.2 Å². The smallest absolute Gasteiger partial charge is 0.243 e. The molecule has 1 N–H and O–H groups in total. The van der Waals surface area contributed by atoms with Crippen molar-refractivity contribution < 1.29 is 17.6 Å². The Hall–Kier alpha value is -1.91. The van der Waals surface area contributed by atoms with Gasteiger partial charge in [0.1, 0.15) is 10.8 Å². The van der Waals surface area contributed by atoms with Crippen molar-refractivity contribution in [1.82, 2.24) is 14.5 Å². The van der Waals surface area contributed by atoms with Gasteiger partial charge in [-0.15, -0.1) is 10.2 Å². The van der Waals surface area contributed by atoms with Gasteiger partial charge in [0.2, 0.25) is 21.1 Å². The Bertz CT molecular complexity index is 891. The van der Waals surface area contributed by atoms with Crippen molar-refractivity contribution in [2.75, 3.05) is 18.4 Å². The van der Waals surface area contributed by atoms with E-state index in [1.54, 1.807) is 0 Å². The van der Waals surface area contributed by atoms with Crippen LogP contribution in [0.25, 0.3) is 0 Å². The molecule has 1 aromatic heterocycles. The van der Waals surface area contributed by atoms with Crippen LogP contribution in [0.5, 0.6) is 0 Å². The Labute approximate surface area is 161 Å². The van der Waals surface area contributed by atoms with Crippen LogP contribution in [0.15, 0.2) is 29.2 Å². The Morgan fingerprint density at radius 1 is 1.26 bits per heavy atom. The molecular weight excluding hydrogens is 391 g/mol. The number of amides is 1. The lowest BCUT2D eigenvalue weighted by atomic mass is 9.97. The van der Waals surface area contributed by atoms with Gasteiger partial charge in [0.05, 0.1) is 4.90 Å². The van der Waals surface area contributed by atoms with Gasteiger partial charge in [0, 0.05) is 25.4 Å². The Balaban J connectivity index is 1.57. The van der Waals surface area contributed by atoms with E-state index in [9.17, 15) is 17.6 Å². The number of aryl methyl sites for hydroxylation is 1.